The molecule has 0 radical (unpaired) electrons. The normalized spacial score (nSPS) is 12.9. The second-order valence-corrected chi connectivity index (χ2v) is 4.07. The quantitative estimate of drug-likeness (QED) is 0.830. The van der Waals surface area contributed by atoms with Crippen molar-refractivity contribution < 1.29 is 4.42 Å². The van der Waals surface area contributed by atoms with E-state index in [-0.39, 0.29) is 6.04 Å². The Bertz CT molecular complexity index is 458. The summed E-state index contributed by atoms with van der Waals surface area (Å²) in [6.07, 6.45) is 1.85. The van der Waals surface area contributed by atoms with Crippen molar-refractivity contribution in [1.29, 1.82) is 0 Å². The standard InChI is InChI=1S/C12H17N3O/c1-8-4-5-12(16-8)10(3)13-6-11-7-14-15-9(11)2/h4-5,7,10,13H,6H2,1-3H3,(H,14,15). The van der Waals surface area contributed by atoms with E-state index >= 15 is 0 Å². The maximum atomic E-state index is 5.56. The van der Waals surface area contributed by atoms with Crippen LogP contribution in [0.2, 0.25) is 0 Å². The summed E-state index contributed by atoms with van der Waals surface area (Å²) in [5.74, 6) is 1.92. The predicted octanol–water partition coefficient (Wildman–Crippen LogP) is 2.47. The molecule has 0 saturated carbocycles. The van der Waals surface area contributed by atoms with Crippen molar-refractivity contribution in [3.63, 3.8) is 0 Å². The molecular weight excluding hydrogens is 202 g/mol. The molecule has 0 saturated heterocycles. The van der Waals surface area contributed by atoms with Crippen LogP contribution in [-0.4, -0.2) is 10.2 Å². The molecule has 1 atom stereocenters. The number of H-pyrrole nitrogens is 1. The van der Waals surface area contributed by atoms with Crippen molar-refractivity contribution in [1.82, 2.24) is 15.5 Å². The third-order valence-corrected chi connectivity index (χ3v) is 2.72. The highest BCUT2D eigenvalue weighted by Crippen LogP contribution is 2.16. The van der Waals surface area contributed by atoms with E-state index < -0.39 is 0 Å². The SMILES string of the molecule is Cc1ccc(C(C)NCc2cn[nH]c2C)o1. The fourth-order valence-corrected chi connectivity index (χ4v) is 1.60. The first kappa shape index (κ1) is 11.0. The molecule has 0 fully saturated rings. The number of hydrogen-bond acceptors (Lipinski definition) is 3. The number of aromatic amines is 1. The zero-order chi connectivity index (χ0) is 11.5. The minimum absolute atomic E-state index is 0.211. The highest BCUT2D eigenvalue weighted by molar-refractivity contribution is 5.15. The highest BCUT2D eigenvalue weighted by atomic mass is 16.3. The van der Waals surface area contributed by atoms with Crippen LogP contribution in [-0.2, 0) is 6.54 Å². The Labute approximate surface area is 95.1 Å². The molecule has 16 heavy (non-hydrogen) atoms. The van der Waals surface area contributed by atoms with E-state index in [0.717, 1.165) is 23.8 Å². The summed E-state index contributed by atoms with van der Waals surface area (Å²) >= 11 is 0. The number of nitrogens with zero attached hydrogens (tertiary/aromatic N) is 1. The van der Waals surface area contributed by atoms with E-state index in [1.807, 2.05) is 32.2 Å². The second kappa shape index (κ2) is 4.53. The van der Waals surface area contributed by atoms with E-state index in [9.17, 15) is 0 Å². The van der Waals surface area contributed by atoms with Gasteiger partial charge in [0.15, 0.2) is 0 Å². The van der Waals surface area contributed by atoms with Gasteiger partial charge in [-0.25, -0.2) is 0 Å². The summed E-state index contributed by atoms with van der Waals surface area (Å²) in [7, 11) is 0. The largest absolute Gasteiger partial charge is 0.465 e. The van der Waals surface area contributed by atoms with Gasteiger partial charge in [0.2, 0.25) is 0 Å². The van der Waals surface area contributed by atoms with Crippen LogP contribution in [0, 0.1) is 13.8 Å². The van der Waals surface area contributed by atoms with Crippen LogP contribution in [0.5, 0.6) is 0 Å². The van der Waals surface area contributed by atoms with Gasteiger partial charge in [0, 0.05) is 17.8 Å². The van der Waals surface area contributed by atoms with Crippen molar-refractivity contribution in [3.8, 4) is 0 Å². The van der Waals surface area contributed by atoms with Gasteiger partial charge in [0.25, 0.3) is 0 Å². The molecule has 4 heteroatoms. The van der Waals surface area contributed by atoms with Crippen LogP contribution in [0.25, 0.3) is 0 Å². The summed E-state index contributed by atoms with van der Waals surface area (Å²) in [6.45, 7) is 6.86. The van der Waals surface area contributed by atoms with Gasteiger partial charge >= 0.3 is 0 Å². The Morgan fingerprint density at radius 3 is 2.81 bits per heavy atom. The van der Waals surface area contributed by atoms with Crippen LogP contribution in [0.15, 0.2) is 22.7 Å². The zero-order valence-corrected chi connectivity index (χ0v) is 9.87. The Hall–Kier alpha value is -1.55. The van der Waals surface area contributed by atoms with Crippen LogP contribution < -0.4 is 5.32 Å². The number of aryl methyl sites for hydroxylation is 2. The molecule has 0 aliphatic carbocycles. The smallest absolute Gasteiger partial charge is 0.120 e. The van der Waals surface area contributed by atoms with E-state index in [2.05, 4.69) is 22.4 Å². The lowest BCUT2D eigenvalue weighted by molar-refractivity contribution is 0.415. The third-order valence-electron chi connectivity index (χ3n) is 2.72. The Kier molecular flexibility index (Phi) is 3.10. The van der Waals surface area contributed by atoms with Crippen molar-refractivity contribution >= 4 is 0 Å². The number of nitrogens with one attached hydrogen (secondary N) is 2. The molecule has 2 rings (SSSR count). The first-order chi connectivity index (χ1) is 7.66. The van der Waals surface area contributed by atoms with Crippen LogP contribution in [0.3, 0.4) is 0 Å². The molecule has 0 aromatic carbocycles. The molecule has 0 aliphatic heterocycles. The molecule has 4 nitrogen and oxygen atoms in total. The topological polar surface area (TPSA) is 53.9 Å². The molecule has 1 unspecified atom stereocenters. The number of furan rings is 1. The summed E-state index contributed by atoms with van der Waals surface area (Å²) in [5.41, 5.74) is 2.30. The van der Waals surface area contributed by atoms with Gasteiger partial charge in [-0.2, -0.15) is 5.10 Å². The summed E-state index contributed by atoms with van der Waals surface area (Å²) in [4.78, 5) is 0. The second-order valence-electron chi connectivity index (χ2n) is 4.07. The summed E-state index contributed by atoms with van der Waals surface area (Å²) in [5, 5.41) is 10.3. The first-order valence-corrected chi connectivity index (χ1v) is 5.45. The molecule has 2 aromatic rings. The van der Waals surface area contributed by atoms with Crippen LogP contribution in [0.4, 0.5) is 0 Å². The fourth-order valence-electron chi connectivity index (χ4n) is 1.60. The summed E-state index contributed by atoms with van der Waals surface area (Å²) < 4.78 is 5.56. The molecule has 0 aliphatic rings. The molecule has 0 spiro atoms. The van der Waals surface area contributed by atoms with Gasteiger partial charge < -0.3 is 9.73 Å². The van der Waals surface area contributed by atoms with Crippen LogP contribution >= 0.6 is 0 Å². The first-order valence-electron chi connectivity index (χ1n) is 5.45. The van der Waals surface area contributed by atoms with Gasteiger partial charge in [0.1, 0.15) is 11.5 Å². The zero-order valence-electron chi connectivity index (χ0n) is 9.87. The molecule has 0 amide bonds. The average Bonchev–Trinajstić information content (AvgIpc) is 2.84. The van der Waals surface area contributed by atoms with Gasteiger partial charge in [-0.3, -0.25) is 5.10 Å². The third kappa shape index (κ3) is 2.33. The molecular formula is C12H17N3O. The number of rotatable bonds is 4. The van der Waals surface area contributed by atoms with E-state index in [1.54, 1.807) is 0 Å². The van der Waals surface area contributed by atoms with E-state index in [0.29, 0.717) is 0 Å². The van der Waals surface area contributed by atoms with Gasteiger partial charge in [-0.15, -0.1) is 0 Å². The number of aromatic nitrogens is 2. The van der Waals surface area contributed by atoms with Gasteiger partial charge in [-0.1, -0.05) is 0 Å². The molecule has 2 N–H and O–H groups in total. The monoisotopic (exact) mass is 219 g/mol. The van der Waals surface area contributed by atoms with Crippen molar-refractivity contribution in [3.05, 3.63) is 41.1 Å². The minimum Gasteiger partial charge on any atom is -0.465 e. The van der Waals surface area contributed by atoms with Crippen molar-refractivity contribution in [2.45, 2.75) is 33.4 Å². The average molecular weight is 219 g/mol. The summed E-state index contributed by atoms with van der Waals surface area (Å²) in [6, 6.07) is 4.20. The Balaban J connectivity index is 1.93. The lowest BCUT2D eigenvalue weighted by Crippen LogP contribution is -2.17. The molecule has 86 valence electrons. The molecule has 2 aromatic heterocycles. The predicted molar refractivity (Wildman–Crippen MR) is 62.0 cm³/mol. The molecule has 0 bridgehead atoms. The minimum atomic E-state index is 0.211. The van der Waals surface area contributed by atoms with E-state index in [1.165, 1.54) is 5.56 Å². The maximum Gasteiger partial charge on any atom is 0.120 e. The van der Waals surface area contributed by atoms with Crippen molar-refractivity contribution in [2.24, 2.45) is 0 Å². The van der Waals surface area contributed by atoms with Crippen molar-refractivity contribution in [2.75, 3.05) is 0 Å². The van der Waals surface area contributed by atoms with Gasteiger partial charge in [0.05, 0.1) is 12.2 Å². The van der Waals surface area contributed by atoms with Crippen LogP contribution in [0.1, 0.15) is 35.7 Å². The highest BCUT2D eigenvalue weighted by Gasteiger charge is 2.09. The van der Waals surface area contributed by atoms with Gasteiger partial charge in [-0.05, 0) is 32.9 Å². The fraction of sp³-hybridized carbons (Fsp3) is 0.417. The number of hydrogen-bond donors (Lipinski definition) is 2. The Morgan fingerprint density at radius 1 is 1.44 bits per heavy atom. The lowest BCUT2D eigenvalue weighted by Gasteiger charge is -2.10. The van der Waals surface area contributed by atoms with E-state index in [4.69, 9.17) is 4.42 Å². The Morgan fingerprint density at radius 2 is 2.25 bits per heavy atom. The molecule has 2 heterocycles. The maximum absolute atomic E-state index is 5.56. The lowest BCUT2D eigenvalue weighted by atomic mass is 10.2.